The highest BCUT2D eigenvalue weighted by molar-refractivity contribution is 5.99. The number of hydrogen-bond donors (Lipinski definition) is 2. The molecule has 1 heterocycles. The minimum atomic E-state index is -0.264. The van der Waals surface area contributed by atoms with Crippen molar-refractivity contribution < 1.29 is 4.39 Å². The minimum absolute atomic E-state index is 0.0291. The largest absolute Gasteiger partial charge is 0.384 e. The highest BCUT2D eigenvalue weighted by atomic mass is 19.1. The Balaban J connectivity index is 2.31. The van der Waals surface area contributed by atoms with E-state index in [1.54, 1.807) is 12.1 Å². The van der Waals surface area contributed by atoms with Crippen molar-refractivity contribution in [3.8, 4) is 0 Å². The first-order valence-corrected chi connectivity index (χ1v) is 6.25. The molecule has 1 aromatic carbocycles. The summed E-state index contributed by atoms with van der Waals surface area (Å²) < 4.78 is 13.2. The van der Waals surface area contributed by atoms with Crippen LogP contribution in [0.25, 0.3) is 0 Å². The average Bonchev–Trinajstić information content (AvgIpc) is 2.38. The monoisotopic (exact) mass is 272 g/mol. The number of aryl methyl sites for hydroxylation is 1. The van der Waals surface area contributed by atoms with E-state index < -0.39 is 0 Å². The lowest BCUT2D eigenvalue weighted by atomic mass is 10.1. The van der Waals surface area contributed by atoms with Crippen LogP contribution in [0, 0.1) is 18.2 Å². The van der Waals surface area contributed by atoms with Gasteiger partial charge < -0.3 is 10.6 Å². The molecule has 104 valence electrons. The predicted octanol–water partition coefficient (Wildman–Crippen LogP) is 2.45. The Morgan fingerprint density at radius 1 is 1.35 bits per heavy atom. The molecule has 0 saturated heterocycles. The van der Waals surface area contributed by atoms with E-state index in [0.717, 1.165) is 11.3 Å². The maximum absolute atomic E-state index is 13.2. The second-order valence-corrected chi connectivity index (χ2v) is 4.72. The summed E-state index contributed by atoms with van der Waals surface area (Å²) in [6.45, 7) is 2.37. The van der Waals surface area contributed by atoms with Crippen LogP contribution in [0.5, 0.6) is 0 Å². The molecule has 0 spiro atoms. The number of pyridine rings is 1. The van der Waals surface area contributed by atoms with Crippen molar-refractivity contribution in [2.24, 2.45) is 5.73 Å². The Labute approximate surface area is 117 Å². The van der Waals surface area contributed by atoms with Crippen LogP contribution in [0.3, 0.4) is 0 Å². The molecule has 0 fully saturated rings. The van der Waals surface area contributed by atoms with E-state index in [1.807, 2.05) is 31.0 Å². The molecule has 0 bridgehead atoms. The number of nitrogens with one attached hydrogen (secondary N) is 1. The molecule has 0 aliphatic heterocycles. The van der Waals surface area contributed by atoms with Gasteiger partial charge in [0.1, 0.15) is 17.5 Å². The third kappa shape index (κ3) is 3.12. The van der Waals surface area contributed by atoms with Gasteiger partial charge in [-0.05, 0) is 36.8 Å². The summed E-state index contributed by atoms with van der Waals surface area (Å²) >= 11 is 0. The maximum atomic E-state index is 13.2. The molecule has 0 atom stereocenters. The SMILES string of the molecule is Cc1ccc(C(=N)N)c(N(C)Cc2cccc(F)c2)n1. The van der Waals surface area contributed by atoms with Gasteiger partial charge >= 0.3 is 0 Å². The number of nitrogen functional groups attached to an aromatic ring is 1. The number of halogens is 1. The van der Waals surface area contributed by atoms with Gasteiger partial charge in [-0.25, -0.2) is 9.37 Å². The Hall–Kier alpha value is -2.43. The van der Waals surface area contributed by atoms with Crippen LogP contribution in [-0.2, 0) is 6.54 Å². The first kappa shape index (κ1) is 14.0. The van der Waals surface area contributed by atoms with Gasteiger partial charge in [0.25, 0.3) is 0 Å². The molecule has 1 aromatic heterocycles. The van der Waals surface area contributed by atoms with Crippen LogP contribution in [0.2, 0.25) is 0 Å². The molecule has 0 amide bonds. The number of rotatable bonds is 4. The molecule has 2 aromatic rings. The first-order chi connectivity index (χ1) is 9.47. The van der Waals surface area contributed by atoms with E-state index in [4.69, 9.17) is 11.1 Å². The number of amidine groups is 1. The topological polar surface area (TPSA) is 66.0 Å². The third-order valence-corrected chi connectivity index (χ3v) is 2.97. The first-order valence-electron chi connectivity index (χ1n) is 6.25. The highest BCUT2D eigenvalue weighted by Crippen LogP contribution is 2.19. The Bertz CT molecular complexity index is 640. The molecule has 4 nitrogen and oxygen atoms in total. The molecule has 0 aliphatic carbocycles. The number of hydrogen-bond acceptors (Lipinski definition) is 3. The fraction of sp³-hybridized carbons (Fsp3) is 0.200. The average molecular weight is 272 g/mol. The number of benzene rings is 1. The van der Waals surface area contributed by atoms with Gasteiger partial charge in [-0.3, -0.25) is 5.41 Å². The second-order valence-electron chi connectivity index (χ2n) is 4.72. The Morgan fingerprint density at radius 2 is 2.10 bits per heavy atom. The molecular weight excluding hydrogens is 255 g/mol. The van der Waals surface area contributed by atoms with Crippen molar-refractivity contribution in [2.45, 2.75) is 13.5 Å². The van der Waals surface area contributed by atoms with E-state index in [1.165, 1.54) is 12.1 Å². The van der Waals surface area contributed by atoms with E-state index in [2.05, 4.69) is 4.98 Å². The lowest BCUT2D eigenvalue weighted by molar-refractivity contribution is 0.625. The maximum Gasteiger partial charge on any atom is 0.139 e. The number of anilines is 1. The summed E-state index contributed by atoms with van der Waals surface area (Å²) in [6, 6.07) is 10.0. The molecule has 3 N–H and O–H groups in total. The zero-order valence-electron chi connectivity index (χ0n) is 11.5. The third-order valence-electron chi connectivity index (χ3n) is 2.97. The molecule has 2 rings (SSSR count). The lowest BCUT2D eigenvalue weighted by Gasteiger charge is -2.21. The predicted molar refractivity (Wildman–Crippen MR) is 78.5 cm³/mol. The lowest BCUT2D eigenvalue weighted by Crippen LogP contribution is -2.23. The minimum Gasteiger partial charge on any atom is -0.384 e. The second kappa shape index (κ2) is 5.69. The molecule has 0 radical (unpaired) electrons. The Kier molecular flexibility index (Phi) is 3.98. The van der Waals surface area contributed by atoms with Crippen molar-refractivity contribution >= 4 is 11.7 Å². The van der Waals surface area contributed by atoms with E-state index in [-0.39, 0.29) is 11.7 Å². The van der Waals surface area contributed by atoms with Crippen LogP contribution in [0.15, 0.2) is 36.4 Å². The van der Waals surface area contributed by atoms with E-state index >= 15 is 0 Å². The van der Waals surface area contributed by atoms with Crippen molar-refractivity contribution in [1.29, 1.82) is 5.41 Å². The summed E-state index contributed by atoms with van der Waals surface area (Å²) in [5, 5.41) is 7.60. The van der Waals surface area contributed by atoms with Crippen LogP contribution in [0.1, 0.15) is 16.8 Å². The highest BCUT2D eigenvalue weighted by Gasteiger charge is 2.12. The fourth-order valence-corrected chi connectivity index (χ4v) is 2.03. The number of aromatic nitrogens is 1. The van der Waals surface area contributed by atoms with Gasteiger partial charge in [-0.2, -0.15) is 0 Å². The van der Waals surface area contributed by atoms with Crippen LogP contribution >= 0.6 is 0 Å². The van der Waals surface area contributed by atoms with Gasteiger partial charge in [0.05, 0.1) is 5.56 Å². The molecular formula is C15H17FN4. The van der Waals surface area contributed by atoms with Crippen LogP contribution in [-0.4, -0.2) is 17.9 Å². The van der Waals surface area contributed by atoms with Crippen molar-refractivity contribution in [3.05, 3.63) is 59.0 Å². The summed E-state index contributed by atoms with van der Waals surface area (Å²) in [6.07, 6.45) is 0. The summed E-state index contributed by atoms with van der Waals surface area (Å²) in [5.74, 6) is 0.334. The number of nitrogens with zero attached hydrogens (tertiary/aromatic N) is 2. The van der Waals surface area contributed by atoms with Crippen molar-refractivity contribution in [2.75, 3.05) is 11.9 Å². The zero-order valence-corrected chi connectivity index (χ0v) is 11.5. The van der Waals surface area contributed by atoms with Gasteiger partial charge in [-0.1, -0.05) is 12.1 Å². The van der Waals surface area contributed by atoms with Gasteiger partial charge in [0, 0.05) is 19.3 Å². The van der Waals surface area contributed by atoms with Crippen molar-refractivity contribution in [1.82, 2.24) is 4.98 Å². The molecule has 0 saturated carbocycles. The van der Waals surface area contributed by atoms with E-state index in [0.29, 0.717) is 17.9 Å². The normalized spacial score (nSPS) is 10.3. The molecule has 20 heavy (non-hydrogen) atoms. The van der Waals surface area contributed by atoms with Gasteiger partial charge in [0.2, 0.25) is 0 Å². The summed E-state index contributed by atoms with van der Waals surface area (Å²) in [5.41, 5.74) is 7.84. The molecule has 5 heteroatoms. The number of nitrogens with two attached hydrogens (primary N) is 1. The zero-order chi connectivity index (χ0) is 14.7. The smallest absolute Gasteiger partial charge is 0.139 e. The standard InChI is InChI=1S/C15H17FN4/c1-10-6-7-13(14(17)18)15(19-10)20(2)9-11-4-3-5-12(16)8-11/h3-8H,9H2,1-2H3,(H3,17,18). The van der Waals surface area contributed by atoms with Crippen LogP contribution in [0.4, 0.5) is 10.2 Å². The fourth-order valence-electron chi connectivity index (χ4n) is 2.03. The summed E-state index contributed by atoms with van der Waals surface area (Å²) in [7, 11) is 1.85. The Morgan fingerprint density at radius 3 is 2.75 bits per heavy atom. The summed E-state index contributed by atoms with van der Waals surface area (Å²) in [4.78, 5) is 6.28. The van der Waals surface area contributed by atoms with Gasteiger partial charge in [0.15, 0.2) is 0 Å². The molecule has 0 unspecified atom stereocenters. The quantitative estimate of drug-likeness (QED) is 0.663. The van der Waals surface area contributed by atoms with Gasteiger partial charge in [-0.15, -0.1) is 0 Å². The molecule has 0 aliphatic rings. The van der Waals surface area contributed by atoms with Crippen molar-refractivity contribution in [3.63, 3.8) is 0 Å². The van der Waals surface area contributed by atoms with Crippen LogP contribution < -0.4 is 10.6 Å². The van der Waals surface area contributed by atoms with E-state index in [9.17, 15) is 4.39 Å².